The van der Waals surface area contributed by atoms with Gasteiger partial charge < -0.3 is 4.90 Å². The predicted molar refractivity (Wildman–Crippen MR) is 68.2 cm³/mol. The smallest absolute Gasteiger partial charge is 0.320 e. The number of piperidine rings is 1. The van der Waals surface area contributed by atoms with E-state index in [4.69, 9.17) is 0 Å². The quantitative estimate of drug-likeness (QED) is 0.780. The Labute approximate surface area is 110 Å². The number of para-hydroxylation sites is 1. The highest BCUT2D eigenvalue weighted by Gasteiger charge is 2.41. The number of hydrogen-bond acceptors (Lipinski definition) is 2. The SMILES string of the molecule is O=C1CC2CCCCN2C(=O)N1c1ccccc1F. The number of fused-ring (bicyclic) bond motifs is 1. The van der Waals surface area contributed by atoms with E-state index in [1.54, 1.807) is 17.0 Å². The Bertz CT molecular complexity index is 532. The van der Waals surface area contributed by atoms with Gasteiger partial charge in [-0.05, 0) is 31.4 Å². The van der Waals surface area contributed by atoms with E-state index in [1.165, 1.54) is 12.1 Å². The molecule has 3 amide bonds. The average Bonchev–Trinajstić information content (AvgIpc) is 2.41. The third-order valence-electron chi connectivity index (χ3n) is 3.82. The number of carbonyl (C=O) groups is 2. The molecule has 0 N–H and O–H groups in total. The maximum absolute atomic E-state index is 13.8. The summed E-state index contributed by atoms with van der Waals surface area (Å²) in [6.45, 7) is 0.654. The summed E-state index contributed by atoms with van der Waals surface area (Å²) in [5.74, 6) is -0.849. The molecule has 0 aliphatic carbocycles. The summed E-state index contributed by atoms with van der Waals surface area (Å²) in [5.41, 5.74) is 0.0570. The van der Waals surface area contributed by atoms with Gasteiger partial charge in [-0.1, -0.05) is 12.1 Å². The number of amides is 3. The predicted octanol–water partition coefficient (Wildman–Crippen LogP) is 2.54. The Balaban J connectivity index is 1.95. The maximum atomic E-state index is 13.8. The lowest BCUT2D eigenvalue weighted by Crippen LogP contribution is -2.58. The number of benzene rings is 1. The molecule has 2 aliphatic heterocycles. The molecule has 2 aliphatic rings. The topological polar surface area (TPSA) is 40.6 Å². The number of nitrogens with zero attached hydrogens (tertiary/aromatic N) is 2. The zero-order chi connectivity index (χ0) is 13.4. The van der Waals surface area contributed by atoms with Crippen molar-refractivity contribution in [3.8, 4) is 0 Å². The zero-order valence-electron chi connectivity index (χ0n) is 10.5. The van der Waals surface area contributed by atoms with Crippen LogP contribution < -0.4 is 4.90 Å². The fraction of sp³-hybridized carbons (Fsp3) is 0.429. The molecular formula is C14H15FN2O2. The van der Waals surface area contributed by atoms with Gasteiger partial charge in [0.15, 0.2) is 0 Å². The summed E-state index contributed by atoms with van der Waals surface area (Å²) >= 11 is 0. The van der Waals surface area contributed by atoms with E-state index in [0.29, 0.717) is 13.0 Å². The van der Waals surface area contributed by atoms with Crippen LogP contribution in [0.25, 0.3) is 0 Å². The highest BCUT2D eigenvalue weighted by atomic mass is 19.1. The van der Waals surface area contributed by atoms with Gasteiger partial charge in [-0.2, -0.15) is 0 Å². The molecular weight excluding hydrogens is 247 g/mol. The van der Waals surface area contributed by atoms with Crippen LogP contribution in [0.4, 0.5) is 14.9 Å². The van der Waals surface area contributed by atoms with Gasteiger partial charge in [0.25, 0.3) is 0 Å². The minimum Gasteiger partial charge on any atom is -0.320 e. The van der Waals surface area contributed by atoms with Gasteiger partial charge >= 0.3 is 6.03 Å². The second-order valence-corrected chi connectivity index (χ2v) is 5.01. The Morgan fingerprint density at radius 2 is 1.95 bits per heavy atom. The second-order valence-electron chi connectivity index (χ2n) is 5.01. The first-order valence-electron chi connectivity index (χ1n) is 6.56. The normalized spacial score (nSPS) is 23.5. The molecule has 2 heterocycles. The number of halogens is 1. The van der Waals surface area contributed by atoms with Crippen LogP contribution >= 0.6 is 0 Å². The average molecular weight is 262 g/mol. The third kappa shape index (κ3) is 1.99. The molecule has 5 heteroatoms. The van der Waals surface area contributed by atoms with Crippen LogP contribution in [0.2, 0.25) is 0 Å². The van der Waals surface area contributed by atoms with Crippen molar-refractivity contribution in [2.45, 2.75) is 31.7 Å². The van der Waals surface area contributed by atoms with Crippen LogP contribution in [-0.2, 0) is 4.79 Å². The van der Waals surface area contributed by atoms with Crippen LogP contribution in [0.5, 0.6) is 0 Å². The number of carbonyl (C=O) groups excluding carboxylic acids is 2. The number of hydrogen-bond donors (Lipinski definition) is 0. The summed E-state index contributed by atoms with van der Waals surface area (Å²) in [4.78, 5) is 27.2. The van der Waals surface area contributed by atoms with Gasteiger partial charge in [0, 0.05) is 19.0 Å². The molecule has 3 rings (SSSR count). The first kappa shape index (κ1) is 12.1. The molecule has 0 saturated carbocycles. The summed E-state index contributed by atoms with van der Waals surface area (Å²) in [5, 5.41) is 0. The molecule has 1 unspecified atom stereocenters. The molecule has 1 atom stereocenters. The number of rotatable bonds is 1. The highest BCUT2D eigenvalue weighted by molar-refractivity contribution is 6.16. The molecule has 19 heavy (non-hydrogen) atoms. The monoisotopic (exact) mass is 262 g/mol. The maximum Gasteiger partial charge on any atom is 0.331 e. The van der Waals surface area contributed by atoms with Gasteiger partial charge in [0.2, 0.25) is 5.91 Å². The Morgan fingerprint density at radius 1 is 1.16 bits per heavy atom. The van der Waals surface area contributed by atoms with Gasteiger partial charge in [0.05, 0.1) is 5.69 Å². The molecule has 1 aromatic carbocycles. The first-order valence-corrected chi connectivity index (χ1v) is 6.56. The first-order chi connectivity index (χ1) is 9.18. The third-order valence-corrected chi connectivity index (χ3v) is 3.82. The fourth-order valence-corrected chi connectivity index (χ4v) is 2.86. The molecule has 0 radical (unpaired) electrons. The lowest BCUT2D eigenvalue weighted by atomic mass is 9.97. The van der Waals surface area contributed by atoms with E-state index >= 15 is 0 Å². The largest absolute Gasteiger partial charge is 0.331 e. The number of anilines is 1. The molecule has 2 saturated heterocycles. The van der Waals surface area contributed by atoms with Gasteiger partial charge in [-0.25, -0.2) is 14.1 Å². The van der Waals surface area contributed by atoms with Crippen LogP contribution in [0.15, 0.2) is 24.3 Å². The van der Waals surface area contributed by atoms with Crippen LogP contribution in [-0.4, -0.2) is 29.4 Å². The van der Waals surface area contributed by atoms with Crippen molar-refractivity contribution < 1.29 is 14.0 Å². The highest BCUT2D eigenvalue weighted by Crippen LogP contribution is 2.30. The van der Waals surface area contributed by atoms with Crippen LogP contribution in [0.1, 0.15) is 25.7 Å². The lowest BCUT2D eigenvalue weighted by molar-refractivity contribution is -0.120. The van der Waals surface area contributed by atoms with Gasteiger partial charge in [-0.15, -0.1) is 0 Å². The Morgan fingerprint density at radius 3 is 2.74 bits per heavy atom. The van der Waals surface area contributed by atoms with E-state index in [0.717, 1.165) is 24.2 Å². The fourth-order valence-electron chi connectivity index (χ4n) is 2.86. The molecule has 0 aromatic heterocycles. The van der Waals surface area contributed by atoms with Crippen molar-refractivity contribution in [2.75, 3.05) is 11.4 Å². The van der Waals surface area contributed by atoms with E-state index < -0.39 is 5.82 Å². The summed E-state index contributed by atoms with van der Waals surface area (Å²) in [6.07, 6.45) is 3.14. The van der Waals surface area contributed by atoms with Crippen LogP contribution in [0.3, 0.4) is 0 Å². The standard InChI is InChI=1S/C14H15FN2O2/c15-11-6-1-2-7-12(11)17-13(18)9-10-5-3-4-8-16(10)14(17)19/h1-2,6-7,10H,3-5,8-9H2. The van der Waals surface area contributed by atoms with Crippen molar-refractivity contribution in [1.82, 2.24) is 4.90 Å². The van der Waals surface area contributed by atoms with Crippen molar-refractivity contribution in [1.29, 1.82) is 0 Å². The summed E-state index contributed by atoms with van der Waals surface area (Å²) in [6, 6.07) is 5.51. The zero-order valence-corrected chi connectivity index (χ0v) is 10.5. The molecule has 4 nitrogen and oxygen atoms in total. The Hall–Kier alpha value is -1.91. The van der Waals surface area contributed by atoms with E-state index in [1.807, 2.05) is 0 Å². The van der Waals surface area contributed by atoms with Gasteiger partial charge in [-0.3, -0.25) is 4.79 Å². The molecule has 1 aromatic rings. The van der Waals surface area contributed by atoms with Crippen molar-refractivity contribution in [3.05, 3.63) is 30.1 Å². The number of imide groups is 1. The van der Waals surface area contributed by atoms with Crippen LogP contribution in [0, 0.1) is 5.82 Å². The second kappa shape index (κ2) is 4.64. The molecule has 0 bridgehead atoms. The minimum absolute atomic E-state index is 0.00299. The summed E-state index contributed by atoms with van der Waals surface area (Å²) < 4.78 is 13.8. The van der Waals surface area contributed by atoms with E-state index in [2.05, 4.69) is 0 Å². The molecule has 100 valence electrons. The molecule has 0 spiro atoms. The molecule has 2 fully saturated rings. The summed E-state index contributed by atoms with van der Waals surface area (Å²) in [7, 11) is 0. The van der Waals surface area contributed by atoms with E-state index in [-0.39, 0.29) is 23.7 Å². The van der Waals surface area contributed by atoms with E-state index in [9.17, 15) is 14.0 Å². The Kier molecular flexibility index (Phi) is 2.97. The number of urea groups is 1. The van der Waals surface area contributed by atoms with Crippen molar-refractivity contribution in [3.63, 3.8) is 0 Å². The minimum atomic E-state index is -0.542. The van der Waals surface area contributed by atoms with Gasteiger partial charge in [0.1, 0.15) is 5.82 Å². The van der Waals surface area contributed by atoms with Crippen molar-refractivity contribution >= 4 is 17.6 Å². The van der Waals surface area contributed by atoms with Crippen molar-refractivity contribution in [2.24, 2.45) is 0 Å². The lowest BCUT2D eigenvalue weighted by Gasteiger charge is -2.42.